The Kier molecular flexibility index (Phi) is 7.55. The van der Waals surface area contributed by atoms with Gasteiger partial charge in [-0.3, -0.25) is 9.97 Å². The van der Waals surface area contributed by atoms with Crippen molar-refractivity contribution in [2.75, 3.05) is 25.0 Å². The van der Waals surface area contributed by atoms with Crippen molar-refractivity contribution in [3.63, 3.8) is 0 Å². The summed E-state index contributed by atoms with van der Waals surface area (Å²) in [5.74, 6) is 2.88. The third kappa shape index (κ3) is 5.02. The van der Waals surface area contributed by atoms with E-state index >= 15 is 0 Å². The Morgan fingerprint density at radius 3 is 2.65 bits per heavy atom. The van der Waals surface area contributed by atoms with E-state index in [1.54, 1.807) is 12.4 Å². The third-order valence-electron chi connectivity index (χ3n) is 4.75. The van der Waals surface area contributed by atoms with Gasteiger partial charge in [-0.2, -0.15) is 0 Å². The van der Waals surface area contributed by atoms with Crippen LogP contribution in [0.3, 0.4) is 0 Å². The second-order valence-electron chi connectivity index (χ2n) is 6.84. The van der Waals surface area contributed by atoms with E-state index in [9.17, 15) is 0 Å². The zero-order valence-corrected chi connectivity index (χ0v) is 16.7. The summed E-state index contributed by atoms with van der Waals surface area (Å²) in [6.45, 7) is 2.71. The number of hydrogen-bond donors (Lipinski definition) is 1. The lowest BCUT2D eigenvalue weighted by atomic mass is 10.1. The molecule has 0 spiro atoms. The number of hydrogen-bond acceptors (Lipinski definition) is 6. The fourth-order valence-electron chi connectivity index (χ4n) is 3.29. The van der Waals surface area contributed by atoms with Crippen LogP contribution in [0.5, 0.6) is 0 Å². The molecule has 4 rings (SSSR count). The van der Waals surface area contributed by atoms with Gasteiger partial charge in [0.1, 0.15) is 11.6 Å². The van der Waals surface area contributed by atoms with Gasteiger partial charge in [0.25, 0.3) is 0 Å². The molecule has 0 aromatic carbocycles. The highest BCUT2D eigenvalue weighted by Gasteiger charge is 2.25. The number of rotatable bonds is 5. The van der Waals surface area contributed by atoms with Crippen LogP contribution < -0.4 is 10.2 Å². The van der Waals surface area contributed by atoms with Crippen molar-refractivity contribution in [2.45, 2.75) is 38.6 Å². The zero-order valence-electron chi connectivity index (χ0n) is 15.0. The molecule has 1 N–H and O–H groups in total. The first kappa shape index (κ1) is 20.8. The number of nitrogens with zero attached hydrogens (tertiary/aromatic N) is 5. The molecule has 0 amide bonds. The fraction of sp³-hybridized carbons (Fsp3) is 0.556. The predicted octanol–water partition coefficient (Wildman–Crippen LogP) is 2.39. The molecule has 1 saturated carbocycles. The number of fused-ring (bicyclic) bond motifs is 1. The van der Waals surface area contributed by atoms with Gasteiger partial charge in [-0.05, 0) is 31.7 Å². The van der Waals surface area contributed by atoms with E-state index in [0.717, 1.165) is 55.6 Å². The average molecular weight is 397 g/mol. The molecular formula is C18H26Cl2N6. The maximum atomic E-state index is 4.94. The maximum Gasteiger partial charge on any atom is 0.135 e. The molecule has 2 aromatic heterocycles. The summed E-state index contributed by atoms with van der Waals surface area (Å²) in [4.78, 5) is 20.6. The predicted molar refractivity (Wildman–Crippen MR) is 107 cm³/mol. The van der Waals surface area contributed by atoms with Crippen LogP contribution in [-0.4, -0.2) is 40.1 Å². The molecule has 8 heteroatoms. The van der Waals surface area contributed by atoms with Crippen molar-refractivity contribution in [3.8, 4) is 0 Å². The van der Waals surface area contributed by atoms with Gasteiger partial charge in [0.2, 0.25) is 0 Å². The molecule has 1 aliphatic heterocycles. The largest absolute Gasteiger partial charge is 0.353 e. The Morgan fingerprint density at radius 1 is 1.12 bits per heavy atom. The molecule has 1 fully saturated rings. The van der Waals surface area contributed by atoms with Gasteiger partial charge in [0.05, 0.1) is 24.1 Å². The van der Waals surface area contributed by atoms with Crippen LogP contribution in [-0.2, 0) is 25.8 Å². The third-order valence-corrected chi connectivity index (χ3v) is 4.75. The molecule has 0 bridgehead atoms. The molecule has 0 saturated heterocycles. The monoisotopic (exact) mass is 396 g/mol. The number of halogens is 2. The van der Waals surface area contributed by atoms with Crippen molar-refractivity contribution in [1.29, 1.82) is 0 Å². The topological polar surface area (TPSA) is 66.8 Å². The summed E-state index contributed by atoms with van der Waals surface area (Å²) < 4.78 is 0. The summed E-state index contributed by atoms with van der Waals surface area (Å²) in [5.41, 5.74) is 3.49. The van der Waals surface area contributed by atoms with Crippen molar-refractivity contribution >= 4 is 30.6 Å². The maximum absolute atomic E-state index is 4.94. The quantitative estimate of drug-likeness (QED) is 0.836. The summed E-state index contributed by atoms with van der Waals surface area (Å²) in [6, 6.07) is 0. The number of aromatic nitrogens is 4. The van der Waals surface area contributed by atoms with E-state index in [1.165, 1.54) is 24.1 Å². The molecule has 0 atom stereocenters. The van der Waals surface area contributed by atoms with Gasteiger partial charge in [-0.1, -0.05) is 0 Å². The van der Waals surface area contributed by atoms with Crippen LogP contribution in [0, 0.1) is 5.92 Å². The Balaban J connectivity index is 0.00000121. The van der Waals surface area contributed by atoms with Crippen molar-refractivity contribution in [3.05, 3.63) is 41.4 Å². The first-order chi connectivity index (χ1) is 11.8. The lowest BCUT2D eigenvalue weighted by molar-refractivity contribution is 0.706. The van der Waals surface area contributed by atoms with Gasteiger partial charge in [-0.15, -0.1) is 24.8 Å². The SMILES string of the molecule is CN(Cc1cnccn1)c1nc(CC2CC2)nc2c1CCNCC2.Cl.Cl. The van der Waals surface area contributed by atoms with Crippen LogP contribution >= 0.6 is 24.8 Å². The molecule has 2 aromatic rings. The van der Waals surface area contributed by atoms with E-state index in [0.29, 0.717) is 6.54 Å². The van der Waals surface area contributed by atoms with Crippen LogP contribution in [0.15, 0.2) is 18.6 Å². The van der Waals surface area contributed by atoms with Gasteiger partial charge in [0.15, 0.2) is 0 Å². The van der Waals surface area contributed by atoms with Crippen molar-refractivity contribution in [2.24, 2.45) is 5.92 Å². The number of anilines is 1. The first-order valence-electron chi connectivity index (χ1n) is 8.85. The van der Waals surface area contributed by atoms with E-state index in [2.05, 4.69) is 27.2 Å². The average Bonchev–Trinajstić information content (AvgIpc) is 3.42. The van der Waals surface area contributed by atoms with Crippen LogP contribution in [0.2, 0.25) is 0 Å². The highest BCUT2D eigenvalue weighted by Crippen LogP contribution is 2.33. The zero-order chi connectivity index (χ0) is 16.4. The molecular weight excluding hydrogens is 371 g/mol. The fourth-order valence-corrected chi connectivity index (χ4v) is 3.29. The highest BCUT2D eigenvalue weighted by atomic mass is 35.5. The van der Waals surface area contributed by atoms with Gasteiger partial charge in [-0.25, -0.2) is 9.97 Å². The van der Waals surface area contributed by atoms with E-state index in [-0.39, 0.29) is 24.8 Å². The molecule has 26 heavy (non-hydrogen) atoms. The van der Waals surface area contributed by atoms with Gasteiger partial charge < -0.3 is 10.2 Å². The van der Waals surface area contributed by atoms with Gasteiger partial charge in [0, 0.05) is 44.4 Å². The van der Waals surface area contributed by atoms with E-state index in [4.69, 9.17) is 9.97 Å². The minimum atomic E-state index is 0. The Labute approximate surface area is 167 Å². The molecule has 1 aliphatic carbocycles. The van der Waals surface area contributed by atoms with Crippen molar-refractivity contribution < 1.29 is 0 Å². The summed E-state index contributed by atoms with van der Waals surface area (Å²) in [6.07, 6.45) is 10.9. The normalized spacial score (nSPS) is 15.9. The van der Waals surface area contributed by atoms with Gasteiger partial charge >= 0.3 is 0 Å². The molecule has 0 unspecified atom stereocenters. The second kappa shape index (κ2) is 9.44. The molecule has 3 heterocycles. The molecule has 142 valence electrons. The Bertz CT molecular complexity index is 708. The summed E-state index contributed by atoms with van der Waals surface area (Å²) in [7, 11) is 2.09. The lowest BCUT2D eigenvalue weighted by Crippen LogP contribution is -2.23. The molecule has 6 nitrogen and oxygen atoms in total. The first-order valence-corrected chi connectivity index (χ1v) is 8.85. The lowest BCUT2D eigenvalue weighted by Gasteiger charge is -2.22. The van der Waals surface area contributed by atoms with E-state index < -0.39 is 0 Å². The van der Waals surface area contributed by atoms with Crippen LogP contribution in [0.25, 0.3) is 0 Å². The van der Waals surface area contributed by atoms with E-state index in [1.807, 2.05) is 6.20 Å². The summed E-state index contributed by atoms with van der Waals surface area (Å²) >= 11 is 0. The smallest absolute Gasteiger partial charge is 0.135 e. The second-order valence-corrected chi connectivity index (χ2v) is 6.84. The Hall–Kier alpha value is -1.50. The van der Waals surface area contributed by atoms with Crippen molar-refractivity contribution in [1.82, 2.24) is 25.3 Å². The molecule has 0 radical (unpaired) electrons. The molecule has 2 aliphatic rings. The van der Waals surface area contributed by atoms with Crippen LogP contribution in [0.4, 0.5) is 5.82 Å². The minimum Gasteiger partial charge on any atom is -0.353 e. The number of nitrogens with one attached hydrogen (secondary N) is 1. The Morgan fingerprint density at radius 2 is 1.92 bits per heavy atom. The van der Waals surface area contributed by atoms with Crippen LogP contribution in [0.1, 0.15) is 35.6 Å². The minimum absolute atomic E-state index is 0. The summed E-state index contributed by atoms with van der Waals surface area (Å²) in [5, 5.41) is 3.47. The standard InChI is InChI=1S/C18H24N6.2ClH/c1-24(12-14-11-20-8-9-21-14)18-15-4-6-19-7-5-16(15)22-17(23-18)10-13-2-3-13;;/h8-9,11,13,19H,2-7,10,12H2,1H3;2*1H. The highest BCUT2D eigenvalue weighted by molar-refractivity contribution is 5.85.